The molecule has 1 aliphatic rings. The smallest absolute Gasteiger partial charge is 0.0251 e. The molecule has 3 unspecified atom stereocenters. The van der Waals surface area contributed by atoms with E-state index < -0.39 is 0 Å². The summed E-state index contributed by atoms with van der Waals surface area (Å²) in [6.07, 6.45) is 2.04. The maximum Gasteiger partial charge on any atom is 0.0251 e. The minimum atomic E-state index is 0.333. The highest BCUT2D eigenvalue weighted by atomic mass is 15.2. The molecule has 0 bridgehead atoms. The summed E-state index contributed by atoms with van der Waals surface area (Å²) in [7, 11) is 0. The van der Waals surface area contributed by atoms with Crippen molar-refractivity contribution in [2.75, 3.05) is 13.1 Å². The number of piperazine rings is 1. The lowest BCUT2D eigenvalue weighted by molar-refractivity contribution is 0.0780. The number of hydrogen-bond acceptors (Lipinski definition) is 2. The molecule has 1 saturated heterocycles. The summed E-state index contributed by atoms with van der Waals surface area (Å²) in [5.41, 5.74) is 0.333. The number of hydrogen-bond donors (Lipinski definition) is 1. The molecule has 3 atom stereocenters. The molecule has 0 aromatic carbocycles. The van der Waals surface area contributed by atoms with Gasteiger partial charge in [-0.15, -0.1) is 6.58 Å². The molecule has 0 aromatic rings. The first-order valence-corrected chi connectivity index (χ1v) is 5.98. The molecule has 1 fully saturated rings. The highest BCUT2D eigenvalue weighted by Gasteiger charge is 2.33. The lowest BCUT2D eigenvalue weighted by Crippen LogP contribution is -2.61. The van der Waals surface area contributed by atoms with Crippen molar-refractivity contribution in [2.24, 2.45) is 5.41 Å². The molecule has 0 aromatic heterocycles. The van der Waals surface area contributed by atoms with Crippen molar-refractivity contribution in [3.05, 3.63) is 12.7 Å². The van der Waals surface area contributed by atoms with Crippen LogP contribution in [0.15, 0.2) is 12.7 Å². The van der Waals surface area contributed by atoms with E-state index in [9.17, 15) is 0 Å². The first-order chi connectivity index (χ1) is 6.86. The zero-order valence-electron chi connectivity index (χ0n) is 10.9. The average molecular weight is 210 g/mol. The van der Waals surface area contributed by atoms with Crippen molar-refractivity contribution in [1.82, 2.24) is 10.2 Å². The molecule has 0 radical (unpaired) electrons. The Balaban J connectivity index is 2.68. The van der Waals surface area contributed by atoms with E-state index in [0.29, 0.717) is 23.5 Å². The van der Waals surface area contributed by atoms with Crippen LogP contribution in [0.25, 0.3) is 0 Å². The molecule has 2 heteroatoms. The second-order valence-electron chi connectivity index (χ2n) is 5.85. The number of nitrogens with one attached hydrogen (secondary N) is 1. The molecule has 88 valence electrons. The molecule has 1 N–H and O–H groups in total. The summed E-state index contributed by atoms with van der Waals surface area (Å²) in [5.74, 6) is 0. The molecular weight excluding hydrogens is 184 g/mol. The molecule has 1 rings (SSSR count). The summed E-state index contributed by atoms with van der Waals surface area (Å²) in [6, 6.07) is 1.67. The van der Waals surface area contributed by atoms with E-state index in [2.05, 4.69) is 51.4 Å². The van der Waals surface area contributed by atoms with Crippen molar-refractivity contribution in [2.45, 2.75) is 52.7 Å². The van der Waals surface area contributed by atoms with Gasteiger partial charge >= 0.3 is 0 Å². The summed E-state index contributed by atoms with van der Waals surface area (Å²) in [6.45, 7) is 17.5. The highest BCUT2D eigenvalue weighted by molar-refractivity contribution is 4.96. The van der Waals surface area contributed by atoms with Gasteiger partial charge in [0.15, 0.2) is 0 Å². The van der Waals surface area contributed by atoms with Crippen LogP contribution in [-0.2, 0) is 0 Å². The third-order valence-electron chi connectivity index (χ3n) is 3.53. The summed E-state index contributed by atoms with van der Waals surface area (Å²) in [4.78, 5) is 2.54. The van der Waals surface area contributed by atoms with Gasteiger partial charge in [0, 0.05) is 31.2 Å². The van der Waals surface area contributed by atoms with Crippen LogP contribution >= 0.6 is 0 Å². The Morgan fingerprint density at radius 3 is 2.53 bits per heavy atom. The van der Waals surface area contributed by atoms with Crippen LogP contribution in [0.5, 0.6) is 0 Å². The van der Waals surface area contributed by atoms with Crippen molar-refractivity contribution >= 4 is 0 Å². The van der Waals surface area contributed by atoms with E-state index in [1.54, 1.807) is 0 Å². The standard InChI is InChI=1S/C13H26N2/c1-7-10(2)15-9-12(13(4,5)6)14-8-11(15)3/h7,10-12,14H,1,8-9H2,2-6H3. The van der Waals surface area contributed by atoms with Gasteiger partial charge in [0.25, 0.3) is 0 Å². The van der Waals surface area contributed by atoms with Crippen LogP contribution in [0.4, 0.5) is 0 Å². The van der Waals surface area contributed by atoms with Gasteiger partial charge in [-0.05, 0) is 19.3 Å². The van der Waals surface area contributed by atoms with Crippen LogP contribution in [0.1, 0.15) is 34.6 Å². The molecule has 15 heavy (non-hydrogen) atoms. The minimum absolute atomic E-state index is 0.333. The second kappa shape index (κ2) is 4.67. The van der Waals surface area contributed by atoms with Crippen molar-refractivity contribution in [3.63, 3.8) is 0 Å². The molecule has 1 aliphatic heterocycles. The molecule has 0 spiro atoms. The first kappa shape index (κ1) is 12.7. The van der Waals surface area contributed by atoms with E-state index >= 15 is 0 Å². The Labute approximate surface area is 94.7 Å². The third-order valence-corrected chi connectivity index (χ3v) is 3.53. The zero-order valence-corrected chi connectivity index (χ0v) is 10.9. The highest BCUT2D eigenvalue weighted by Crippen LogP contribution is 2.24. The van der Waals surface area contributed by atoms with Gasteiger partial charge in [-0.25, -0.2) is 0 Å². The van der Waals surface area contributed by atoms with Gasteiger partial charge in [0.2, 0.25) is 0 Å². The van der Waals surface area contributed by atoms with Gasteiger partial charge in [0.1, 0.15) is 0 Å². The van der Waals surface area contributed by atoms with Gasteiger partial charge in [-0.3, -0.25) is 4.90 Å². The lowest BCUT2D eigenvalue weighted by Gasteiger charge is -2.45. The van der Waals surface area contributed by atoms with Crippen LogP contribution in [0.3, 0.4) is 0 Å². The van der Waals surface area contributed by atoms with E-state index in [1.165, 1.54) is 0 Å². The van der Waals surface area contributed by atoms with Crippen molar-refractivity contribution in [3.8, 4) is 0 Å². The molecule has 0 aliphatic carbocycles. The molecule has 2 nitrogen and oxygen atoms in total. The Kier molecular flexibility index (Phi) is 3.96. The van der Waals surface area contributed by atoms with Gasteiger partial charge in [-0.1, -0.05) is 26.8 Å². The van der Waals surface area contributed by atoms with Gasteiger partial charge < -0.3 is 5.32 Å². The SMILES string of the molecule is C=CC(C)N1CC(C(C)(C)C)NCC1C. The number of rotatable bonds is 2. The Morgan fingerprint density at radius 1 is 1.47 bits per heavy atom. The topological polar surface area (TPSA) is 15.3 Å². The molecule has 0 saturated carbocycles. The van der Waals surface area contributed by atoms with Gasteiger partial charge in [-0.2, -0.15) is 0 Å². The second-order valence-corrected chi connectivity index (χ2v) is 5.85. The van der Waals surface area contributed by atoms with E-state index in [0.717, 1.165) is 13.1 Å². The zero-order chi connectivity index (χ0) is 11.6. The van der Waals surface area contributed by atoms with Gasteiger partial charge in [0.05, 0.1) is 0 Å². The van der Waals surface area contributed by atoms with Crippen LogP contribution < -0.4 is 5.32 Å². The summed E-state index contributed by atoms with van der Waals surface area (Å²) in [5, 5.41) is 3.64. The fourth-order valence-corrected chi connectivity index (χ4v) is 2.17. The maximum absolute atomic E-state index is 3.90. The summed E-state index contributed by atoms with van der Waals surface area (Å²) >= 11 is 0. The lowest BCUT2D eigenvalue weighted by atomic mass is 9.84. The normalized spacial score (nSPS) is 31.3. The minimum Gasteiger partial charge on any atom is -0.311 e. The van der Waals surface area contributed by atoms with Crippen molar-refractivity contribution < 1.29 is 0 Å². The van der Waals surface area contributed by atoms with Crippen LogP contribution in [-0.4, -0.2) is 36.1 Å². The Hall–Kier alpha value is -0.340. The molecular formula is C13H26N2. The fraction of sp³-hybridized carbons (Fsp3) is 0.846. The fourth-order valence-electron chi connectivity index (χ4n) is 2.17. The monoisotopic (exact) mass is 210 g/mol. The molecule has 0 amide bonds. The van der Waals surface area contributed by atoms with E-state index in [4.69, 9.17) is 0 Å². The maximum atomic E-state index is 3.90. The molecule has 1 heterocycles. The first-order valence-electron chi connectivity index (χ1n) is 5.98. The largest absolute Gasteiger partial charge is 0.311 e. The van der Waals surface area contributed by atoms with Crippen LogP contribution in [0, 0.1) is 5.41 Å². The Morgan fingerprint density at radius 2 is 2.07 bits per heavy atom. The Bertz CT molecular complexity index is 217. The van der Waals surface area contributed by atoms with Crippen molar-refractivity contribution in [1.29, 1.82) is 0 Å². The van der Waals surface area contributed by atoms with Crippen LogP contribution in [0.2, 0.25) is 0 Å². The predicted molar refractivity (Wildman–Crippen MR) is 67.1 cm³/mol. The van der Waals surface area contributed by atoms with E-state index in [-0.39, 0.29) is 0 Å². The summed E-state index contributed by atoms with van der Waals surface area (Å²) < 4.78 is 0. The third kappa shape index (κ3) is 3.05. The van der Waals surface area contributed by atoms with E-state index in [1.807, 2.05) is 6.08 Å². The number of nitrogens with zero attached hydrogens (tertiary/aromatic N) is 1. The predicted octanol–water partition coefficient (Wildman–Crippen LogP) is 2.27. The quantitative estimate of drug-likeness (QED) is 0.703. The average Bonchev–Trinajstić information content (AvgIpc) is 2.15.